The van der Waals surface area contributed by atoms with Gasteiger partial charge in [0.15, 0.2) is 0 Å². The van der Waals surface area contributed by atoms with Crippen LogP contribution in [-0.2, 0) is 4.74 Å². The molecule has 112 valence electrons. The third-order valence-electron chi connectivity index (χ3n) is 3.53. The van der Waals surface area contributed by atoms with E-state index in [0.717, 1.165) is 25.9 Å². The second-order valence-electron chi connectivity index (χ2n) is 5.10. The maximum absolute atomic E-state index is 5.60. The first-order valence-electron chi connectivity index (χ1n) is 6.97. The van der Waals surface area contributed by atoms with Crippen LogP contribution in [0, 0.1) is 0 Å². The number of piperidine rings is 1. The molecule has 0 amide bonds. The van der Waals surface area contributed by atoms with Crippen LogP contribution in [0.15, 0.2) is 0 Å². The summed E-state index contributed by atoms with van der Waals surface area (Å²) in [5.74, 6) is 1.15. The zero-order valence-corrected chi connectivity index (χ0v) is 12.6. The van der Waals surface area contributed by atoms with Gasteiger partial charge in [-0.05, 0) is 26.7 Å². The van der Waals surface area contributed by atoms with E-state index in [4.69, 9.17) is 9.47 Å². The minimum atomic E-state index is -0.156. The summed E-state index contributed by atoms with van der Waals surface area (Å²) in [4.78, 5) is 15.1. The molecule has 0 aromatic carbocycles. The molecule has 1 fully saturated rings. The van der Waals surface area contributed by atoms with Crippen LogP contribution < -0.4 is 15.0 Å². The third kappa shape index (κ3) is 3.27. The standard InChI is InChI=1S/C13H23N5O2/c1-5-20-12-16-10(14-3)15-11(17-12)18-8-6-7-13(2,9-18)19-4/h5-9H2,1-4H3,(H,14,15,16,17). The lowest BCUT2D eigenvalue weighted by atomic mass is 9.95. The fraction of sp³-hybridized carbons (Fsp3) is 0.769. The van der Waals surface area contributed by atoms with Gasteiger partial charge in [-0.25, -0.2) is 0 Å². The number of hydrogen-bond acceptors (Lipinski definition) is 7. The molecular weight excluding hydrogens is 258 g/mol. The van der Waals surface area contributed by atoms with E-state index in [2.05, 4.69) is 32.1 Å². The van der Waals surface area contributed by atoms with Crippen LogP contribution in [0.2, 0.25) is 0 Å². The van der Waals surface area contributed by atoms with Gasteiger partial charge in [0, 0.05) is 27.2 Å². The van der Waals surface area contributed by atoms with E-state index in [0.29, 0.717) is 24.5 Å². The van der Waals surface area contributed by atoms with Crippen molar-refractivity contribution in [3.05, 3.63) is 0 Å². The Balaban J connectivity index is 2.24. The number of hydrogen-bond donors (Lipinski definition) is 1. The summed E-state index contributed by atoms with van der Waals surface area (Å²) < 4.78 is 11.0. The van der Waals surface area contributed by atoms with Crippen molar-refractivity contribution < 1.29 is 9.47 Å². The molecule has 0 aliphatic carbocycles. The molecule has 2 heterocycles. The lowest BCUT2D eigenvalue weighted by Crippen LogP contribution is -2.48. The Morgan fingerprint density at radius 3 is 2.80 bits per heavy atom. The summed E-state index contributed by atoms with van der Waals surface area (Å²) in [6.07, 6.45) is 2.09. The van der Waals surface area contributed by atoms with Crippen molar-refractivity contribution in [2.24, 2.45) is 0 Å². The van der Waals surface area contributed by atoms with Gasteiger partial charge in [0.25, 0.3) is 0 Å². The summed E-state index contributed by atoms with van der Waals surface area (Å²) in [6.45, 7) is 6.23. The van der Waals surface area contributed by atoms with Crippen LogP contribution in [0.1, 0.15) is 26.7 Å². The van der Waals surface area contributed by atoms with E-state index in [1.165, 1.54) is 0 Å². The van der Waals surface area contributed by atoms with Crippen LogP contribution in [0.3, 0.4) is 0 Å². The van der Waals surface area contributed by atoms with Gasteiger partial charge in [-0.1, -0.05) is 0 Å². The van der Waals surface area contributed by atoms with Crippen molar-refractivity contribution in [1.82, 2.24) is 15.0 Å². The van der Waals surface area contributed by atoms with E-state index < -0.39 is 0 Å². The Hall–Kier alpha value is -1.63. The van der Waals surface area contributed by atoms with E-state index >= 15 is 0 Å². The average molecular weight is 281 g/mol. The highest BCUT2D eigenvalue weighted by molar-refractivity contribution is 5.39. The third-order valence-corrected chi connectivity index (χ3v) is 3.53. The molecule has 7 nitrogen and oxygen atoms in total. The SMILES string of the molecule is CCOc1nc(NC)nc(N2CCCC(C)(OC)C2)n1. The van der Waals surface area contributed by atoms with Crippen molar-refractivity contribution in [2.45, 2.75) is 32.3 Å². The molecule has 0 spiro atoms. The summed E-state index contributed by atoms with van der Waals surface area (Å²) >= 11 is 0. The molecular formula is C13H23N5O2. The Morgan fingerprint density at radius 2 is 2.15 bits per heavy atom. The highest BCUT2D eigenvalue weighted by Crippen LogP contribution is 2.27. The van der Waals surface area contributed by atoms with Crippen molar-refractivity contribution in [1.29, 1.82) is 0 Å². The van der Waals surface area contributed by atoms with Crippen LogP contribution in [-0.4, -0.2) is 54.4 Å². The number of nitrogens with zero attached hydrogens (tertiary/aromatic N) is 4. The Morgan fingerprint density at radius 1 is 1.35 bits per heavy atom. The molecule has 1 unspecified atom stereocenters. The first kappa shape index (κ1) is 14.8. The minimum Gasteiger partial charge on any atom is -0.464 e. The van der Waals surface area contributed by atoms with Gasteiger partial charge >= 0.3 is 6.01 Å². The van der Waals surface area contributed by atoms with Crippen LogP contribution in [0.4, 0.5) is 11.9 Å². The molecule has 0 saturated carbocycles. The smallest absolute Gasteiger partial charge is 0.323 e. The van der Waals surface area contributed by atoms with Gasteiger partial charge in [-0.3, -0.25) is 0 Å². The van der Waals surface area contributed by atoms with Crippen LogP contribution in [0.5, 0.6) is 6.01 Å². The fourth-order valence-corrected chi connectivity index (χ4v) is 2.34. The Bertz CT molecular complexity index is 456. The van der Waals surface area contributed by atoms with Crippen molar-refractivity contribution in [2.75, 3.05) is 44.1 Å². The monoisotopic (exact) mass is 281 g/mol. The van der Waals surface area contributed by atoms with Gasteiger partial charge in [0.2, 0.25) is 11.9 Å². The molecule has 1 saturated heterocycles. The highest BCUT2D eigenvalue weighted by atomic mass is 16.5. The van der Waals surface area contributed by atoms with Crippen LogP contribution in [0.25, 0.3) is 0 Å². The second-order valence-corrected chi connectivity index (χ2v) is 5.10. The van der Waals surface area contributed by atoms with E-state index in [9.17, 15) is 0 Å². The largest absolute Gasteiger partial charge is 0.464 e. The lowest BCUT2D eigenvalue weighted by Gasteiger charge is -2.39. The van der Waals surface area contributed by atoms with Crippen LogP contribution >= 0.6 is 0 Å². The normalized spacial score (nSPS) is 22.7. The number of methoxy groups -OCH3 is 1. The maximum Gasteiger partial charge on any atom is 0.323 e. The maximum atomic E-state index is 5.60. The van der Waals surface area contributed by atoms with Gasteiger partial charge in [0.1, 0.15) is 0 Å². The number of nitrogens with one attached hydrogen (secondary N) is 1. The molecule has 1 atom stereocenters. The number of aromatic nitrogens is 3. The molecule has 2 rings (SSSR count). The lowest BCUT2D eigenvalue weighted by molar-refractivity contribution is -0.00502. The predicted octanol–water partition coefficient (Wildman–Crippen LogP) is 1.32. The van der Waals surface area contributed by atoms with E-state index in [1.54, 1.807) is 14.2 Å². The number of anilines is 2. The molecule has 20 heavy (non-hydrogen) atoms. The first-order chi connectivity index (χ1) is 9.60. The number of ether oxygens (including phenoxy) is 2. The Kier molecular flexibility index (Phi) is 4.59. The first-order valence-corrected chi connectivity index (χ1v) is 6.97. The van der Waals surface area contributed by atoms with Crippen molar-refractivity contribution in [3.8, 4) is 6.01 Å². The summed E-state index contributed by atoms with van der Waals surface area (Å²) in [5, 5.41) is 2.94. The number of rotatable bonds is 5. The molecule has 1 N–H and O–H groups in total. The van der Waals surface area contributed by atoms with Crippen molar-refractivity contribution in [3.63, 3.8) is 0 Å². The molecule has 1 aliphatic rings. The molecule has 7 heteroatoms. The predicted molar refractivity (Wildman–Crippen MR) is 77.4 cm³/mol. The molecule has 1 aliphatic heterocycles. The minimum absolute atomic E-state index is 0.156. The summed E-state index contributed by atoms with van der Waals surface area (Å²) in [6, 6.07) is 0.353. The van der Waals surface area contributed by atoms with Gasteiger partial charge < -0.3 is 19.7 Å². The van der Waals surface area contributed by atoms with Crippen molar-refractivity contribution >= 4 is 11.9 Å². The average Bonchev–Trinajstić information content (AvgIpc) is 2.47. The Labute approximate surface area is 119 Å². The van der Waals surface area contributed by atoms with Gasteiger partial charge in [0.05, 0.1) is 12.2 Å². The van der Waals surface area contributed by atoms with Gasteiger partial charge in [-0.15, -0.1) is 0 Å². The molecule has 0 bridgehead atoms. The zero-order chi connectivity index (χ0) is 14.6. The quantitative estimate of drug-likeness (QED) is 0.872. The van der Waals surface area contributed by atoms with Gasteiger partial charge in [-0.2, -0.15) is 15.0 Å². The molecule has 1 aromatic heterocycles. The summed E-state index contributed by atoms with van der Waals surface area (Å²) in [5.41, 5.74) is -0.156. The summed E-state index contributed by atoms with van der Waals surface area (Å²) in [7, 11) is 3.53. The second kappa shape index (κ2) is 6.21. The van der Waals surface area contributed by atoms with E-state index in [1.807, 2.05) is 6.92 Å². The van der Waals surface area contributed by atoms with E-state index in [-0.39, 0.29) is 5.60 Å². The topological polar surface area (TPSA) is 72.4 Å². The fourth-order valence-electron chi connectivity index (χ4n) is 2.34. The molecule has 0 radical (unpaired) electrons. The molecule has 1 aromatic rings. The zero-order valence-electron chi connectivity index (χ0n) is 12.6. The highest BCUT2D eigenvalue weighted by Gasteiger charge is 2.32.